The molecule has 0 bridgehead atoms. The molecular weight excluding hydrogens is 279 g/mol. The number of rotatable bonds is 4. The number of amides is 1. The van der Waals surface area contributed by atoms with E-state index in [0.29, 0.717) is 21.7 Å². The highest BCUT2D eigenvalue weighted by atomic mass is 79.9. The number of carbonyl (C=O) groups is 1. The Morgan fingerprint density at radius 1 is 1.67 bits per heavy atom. The molecule has 1 N–H and O–H groups in total. The van der Waals surface area contributed by atoms with E-state index in [0.717, 1.165) is 12.8 Å². The van der Waals surface area contributed by atoms with Crippen LogP contribution >= 0.6 is 27.5 Å². The summed E-state index contributed by atoms with van der Waals surface area (Å²) in [5, 5.41) is 3.15. The van der Waals surface area contributed by atoms with Crippen LogP contribution in [0.3, 0.4) is 0 Å². The van der Waals surface area contributed by atoms with E-state index >= 15 is 0 Å². The van der Waals surface area contributed by atoms with Crippen LogP contribution in [0.15, 0.2) is 16.7 Å². The molecule has 82 valence electrons. The van der Waals surface area contributed by atoms with Crippen LogP contribution < -0.4 is 5.32 Å². The zero-order chi connectivity index (χ0) is 11.3. The first-order valence-electron chi connectivity index (χ1n) is 4.74. The van der Waals surface area contributed by atoms with Gasteiger partial charge in [0.25, 0.3) is 0 Å². The van der Waals surface area contributed by atoms with Crippen molar-refractivity contribution in [3.63, 3.8) is 0 Å². The normalized spacial score (nSPS) is 10.1. The van der Waals surface area contributed by atoms with Crippen molar-refractivity contribution in [2.45, 2.75) is 26.2 Å². The fourth-order valence-corrected chi connectivity index (χ4v) is 1.50. The Kier molecular flexibility index (Phi) is 5.05. The number of pyridine rings is 1. The SMILES string of the molecule is CCCCC(=O)Nc1cnc(Cl)c(Br)c1. The van der Waals surface area contributed by atoms with Crippen molar-refractivity contribution in [1.29, 1.82) is 0 Å². The van der Waals surface area contributed by atoms with Gasteiger partial charge in [-0.05, 0) is 28.4 Å². The molecule has 0 aliphatic carbocycles. The number of hydrogen-bond acceptors (Lipinski definition) is 2. The third-order valence-corrected chi connectivity index (χ3v) is 2.97. The molecular formula is C10H12BrClN2O. The molecule has 1 aromatic rings. The molecule has 1 aromatic heterocycles. The maximum absolute atomic E-state index is 11.4. The Bertz CT molecular complexity index is 357. The lowest BCUT2D eigenvalue weighted by molar-refractivity contribution is -0.116. The molecule has 0 aromatic carbocycles. The number of nitrogens with zero attached hydrogens (tertiary/aromatic N) is 1. The van der Waals surface area contributed by atoms with Gasteiger partial charge in [0.15, 0.2) is 0 Å². The second kappa shape index (κ2) is 6.08. The first-order valence-corrected chi connectivity index (χ1v) is 5.91. The van der Waals surface area contributed by atoms with E-state index in [1.54, 1.807) is 6.07 Å². The van der Waals surface area contributed by atoms with Gasteiger partial charge in [-0.2, -0.15) is 0 Å². The quantitative estimate of drug-likeness (QED) is 0.861. The maximum Gasteiger partial charge on any atom is 0.224 e. The first-order chi connectivity index (χ1) is 7.13. The van der Waals surface area contributed by atoms with E-state index in [1.165, 1.54) is 6.20 Å². The van der Waals surface area contributed by atoms with Crippen LogP contribution in [0.4, 0.5) is 5.69 Å². The predicted octanol–water partition coefficient (Wildman–Crippen LogP) is 3.63. The molecule has 0 spiro atoms. The van der Waals surface area contributed by atoms with Gasteiger partial charge in [-0.1, -0.05) is 24.9 Å². The van der Waals surface area contributed by atoms with E-state index in [2.05, 4.69) is 26.2 Å². The summed E-state index contributed by atoms with van der Waals surface area (Å²) in [6, 6.07) is 1.74. The minimum atomic E-state index is 0.00729. The standard InChI is InChI=1S/C10H12BrClN2O/c1-2-3-4-9(15)14-7-5-8(11)10(12)13-6-7/h5-6H,2-4H2,1H3,(H,14,15). The van der Waals surface area contributed by atoms with Crippen LogP contribution in [0.1, 0.15) is 26.2 Å². The van der Waals surface area contributed by atoms with Gasteiger partial charge < -0.3 is 5.32 Å². The molecule has 0 aliphatic rings. The van der Waals surface area contributed by atoms with E-state index in [-0.39, 0.29) is 5.91 Å². The summed E-state index contributed by atoms with van der Waals surface area (Å²) in [7, 11) is 0. The van der Waals surface area contributed by atoms with Crippen LogP contribution in [-0.4, -0.2) is 10.9 Å². The zero-order valence-corrected chi connectivity index (χ0v) is 10.7. The second-order valence-corrected chi connectivity index (χ2v) is 4.36. The highest BCUT2D eigenvalue weighted by molar-refractivity contribution is 9.10. The smallest absolute Gasteiger partial charge is 0.224 e. The summed E-state index contributed by atoms with van der Waals surface area (Å²) in [4.78, 5) is 15.3. The summed E-state index contributed by atoms with van der Waals surface area (Å²) in [6.45, 7) is 2.05. The van der Waals surface area contributed by atoms with Gasteiger partial charge in [-0.25, -0.2) is 4.98 Å². The number of halogens is 2. The number of hydrogen-bond donors (Lipinski definition) is 1. The van der Waals surface area contributed by atoms with E-state index in [9.17, 15) is 4.79 Å². The molecule has 0 radical (unpaired) electrons. The summed E-state index contributed by atoms with van der Waals surface area (Å²) in [5.74, 6) is 0.00729. The lowest BCUT2D eigenvalue weighted by atomic mass is 10.2. The van der Waals surface area contributed by atoms with Gasteiger partial charge in [0.1, 0.15) is 5.15 Å². The highest BCUT2D eigenvalue weighted by Crippen LogP contribution is 2.22. The molecule has 15 heavy (non-hydrogen) atoms. The fourth-order valence-electron chi connectivity index (χ4n) is 1.05. The van der Waals surface area contributed by atoms with Gasteiger partial charge in [-0.15, -0.1) is 0 Å². The van der Waals surface area contributed by atoms with Gasteiger partial charge >= 0.3 is 0 Å². The number of nitrogens with one attached hydrogen (secondary N) is 1. The monoisotopic (exact) mass is 290 g/mol. The minimum absolute atomic E-state index is 0.00729. The van der Waals surface area contributed by atoms with Crippen molar-refractivity contribution in [3.8, 4) is 0 Å². The Balaban J connectivity index is 2.57. The molecule has 1 heterocycles. The third kappa shape index (κ3) is 4.18. The molecule has 5 heteroatoms. The molecule has 0 aliphatic heterocycles. The van der Waals surface area contributed by atoms with Crippen molar-refractivity contribution in [3.05, 3.63) is 21.9 Å². The number of anilines is 1. The molecule has 3 nitrogen and oxygen atoms in total. The summed E-state index contributed by atoms with van der Waals surface area (Å²) in [5.41, 5.74) is 0.660. The van der Waals surface area contributed by atoms with Gasteiger partial charge in [-0.3, -0.25) is 4.79 Å². The van der Waals surface area contributed by atoms with Crippen molar-refractivity contribution < 1.29 is 4.79 Å². The van der Waals surface area contributed by atoms with E-state index < -0.39 is 0 Å². The van der Waals surface area contributed by atoms with Crippen molar-refractivity contribution in [2.24, 2.45) is 0 Å². The molecule has 0 fully saturated rings. The summed E-state index contributed by atoms with van der Waals surface area (Å²) < 4.78 is 0.678. The largest absolute Gasteiger partial charge is 0.325 e. The van der Waals surface area contributed by atoms with Crippen LogP contribution in [0, 0.1) is 0 Å². The van der Waals surface area contributed by atoms with Gasteiger partial charge in [0, 0.05) is 6.42 Å². The molecule has 0 atom stereocenters. The first kappa shape index (κ1) is 12.5. The Morgan fingerprint density at radius 2 is 2.40 bits per heavy atom. The lowest BCUT2D eigenvalue weighted by Gasteiger charge is -2.05. The average Bonchev–Trinajstić information content (AvgIpc) is 2.20. The Hall–Kier alpha value is -0.610. The van der Waals surface area contributed by atoms with Crippen molar-refractivity contribution in [2.75, 3.05) is 5.32 Å². The van der Waals surface area contributed by atoms with Crippen LogP contribution in [0.2, 0.25) is 5.15 Å². The molecule has 1 amide bonds. The van der Waals surface area contributed by atoms with E-state index in [4.69, 9.17) is 11.6 Å². The highest BCUT2D eigenvalue weighted by Gasteiger charge is 2.04. The average molecular weight is 292 g/mol. The third-order valence-electron chi connectivity index (χ3n) is 1.84. The summed E-state index contributed by atoms with van der Waals surface area (Å²) in [6.07, 6.45) is 3.98. The fraction of sp³-hybridized carbons (Fsp3) is 0.400. The molecule has 0 saturated heterocycles. The zero-order valence-electron chi connectivity index (χ0n) is 8.39. The number of unbranched alkanes of at least 4 members (excludes halogenated alkanes) is 1. The Labute approximate surface area is 102 Å². The maximum atomic E-state index is 11.4. The molecule has 0 unspecified atom stereocenters. The lowest BCUT2D eigenvalue weighted by Crippen LogP contribution is -2.11. The van der Waals surface area contributed by atoms with Gasteiger partial charge in [0.05, 0.1) is 16.4 Å². The van der Waals surface area contributed by atoms with Crippen molar-refractivity contribution >= 4 is 39.1 Å². The van der Waals surface area contributed by atoms with Crippen LogP contribution in [0.5, 0.6) is 0 Å². The number of aromatic nitrogens is 1. The second-order valence-electron chi connectivity index (χ2n) is 3.15. The topological polar surface area (TPSA) is 42.0 Å². The number of carbonyl (C=O) groups excluding carboxylic acids is 1. The molecule has 0 saturated carbocycles. The minimum Gasteiger partial charge on any atom is -0.325 e. The Morgan fingerprint density at radius 3 is 3.00 bits per heavy atom. The van der Waals surface area contributed by atoms with Gasteiger partial charge in [0.2, 0.25) is 5.91 Å². The van der Waals surface area contributed by atoms with Crippen molar-refractivity contribution in [1.82, 2.24) is 4.98 Å². The van der Waals surface area contributed by atoms with E-state index in [1.807, 2.05) is 6.92 Å². The van der Waals surface area contributed by atoms with Crippen LogP contribution in [-0.2, 0) is 4.79 Å². The summed E-state index contributed by atoms with van der Waals surface area (Å²) >= 11 is 8.97. The molecule has 1 rings (SSSR count). The predicted molar refractivity (Wildman–Crippen MR) is 65.1 cm³/mol. The van der Waals surface area contributed by atoms with Crippen LogP contribution in [0.25, 0.3) is 0 Å².